The summed E-state index contributed by atoms with van der Waals surface area (Å²) in [5.41, 5.74) is 2.07. The molecule has 0 aliphatic carbocycles. The Morgan fingerprint density at radius 2 is 1.79 bits per heavy atom. The number of benzene rings is 2. The van der Waals surface area contributed by atoms with Gasteiger partial charge in [-0.2, -0.15) is 0 Å². The van der Waals surface area contributed by atoms with Gasteiger partial charge in [0.25, 0.3) is 5.91 Å². The van der Waals surface area contributed by atoms with E-state index in [1.165, 1.54) is 17.0 Å². The number of hydrogen-bond acceptors (Lipinski definition) is 2. The summed E-state index contributed by atoms with van der Waals surface area (Å²) in [5.74, 6) is -0.378. The van der Waals surface area contributed by atoms with E-state index in [-0.39, 0.29) is 17.2 Å². The minimum atomic E-state index is -0.302. The molecule has 0 saturated heterocycles. The van der Waals surface area contributed by atoms with Crippen LogP contribution in [0.4, 0.5) is 5.69 Å². The zero-order valence-corrected chi connectivity index (χ0v) is 11.5. The number of phenols is 1. The van der Waals surface area contributed by atoms with Crippen LogP contribution >= 0.6 is 11.6 Å². The Labute approximate surface area is 117 Å². The highest BCUT2D eigenvalue weighted by Gasteiger charge is 2.17. The molecule has 0 radical (unpaired) electrons. The molecule has 0 atom stereocenters. The number of carbonyl (C=O) groups is 1. The molecule has 0 saturated carbocycles. The molecule has 1 amide bonds. The van der Waals surface area contributed by atoms with Crippen LogP contribution in [0.1, 0.15) is 15.9 Å². The van der Waals surface area contributed by atoms with E-state index in [0.717, 1.165) is 11.3 Å². The maximum atomic E-state index is 12.3. The van der Waals surface area contributed by atoms with Crippen LogP contribution in [0.5, 0.6) is 5.75 Å². The highest BCUT2D eigenvalue weighted by atomic mass is 35.5. The third-order valence-corrected chi connectivity index (χ3v) is 3.15. The first-order valence-electron chi connectivity index (χ1n) is 5.82. The molecule has 19 heavy (non-hydrogen) atoms. The quantitative estimate of drug-likeness (QED) is 0.909. The van der Waals surface area contributed by atoms with Crippen molar-refractivity contribution >= 4 is 23.2 Å². The maximum Gasteiger partial charge on any atom is 0.261 e. The number of amides is 1. The Kier molecular flexibility index (Phi) is 3.76. The molecule has 0 aliphatic rings. The molecule has 0 aromatic heterocycles. The van der Waals surface area contributed by atoms with Gasteiger partial charge in [0, 0.05) is 17.8 Å². The Morgan fingerprint density at radius 1 is 1.16 bits per heavy atom. The summed E-state index contributed by atoms with van der Waals surface area (Å²) >= 11 is 5.85. The van der Waals surface area contributed by atoms with Gasteiger partial charge in [-0.05, 0) is 37.3 Å². The van der Waals surface area contributed by atoms with Gasteiger partial charge in [-0.1, -0.05) is 29.3 Å². The minimum absolute atomic E-state index is 0.0756. The van der Waals surface area contributed by atoms with Crippen LogP contribution in [0.25, 0.3) is 0 Å². The lowest BCUT2D eigenvalue weighted by molar-refractivity contribution is 0.0990. The predicted octanol–water partition coefficient (Wildman–Crippen LogP) is 3.63. The van der Waals surface area contributed by atoms with Crippen LogP contribution in [0, 0.1) is 6.92 Å². The van der Waals surface area contributed by atoms with Gasteiger partial charge in [-0.3, -0.25) is 4.79 Å². The first-order valence-corrected chi connectivity index (χ1v) is 6.20. The maximum absolute atomic E-state index is 12.3. The molecule has 2 aromatic rings. The molecule has 0 unspecified atom stereocenters. The summed E-state index contributed by atoms with van der Waals surface area (Å²) in [4.78, 5) is 13.8. The lowest BCUT2D eigenvalue weighted by Crippen LogP contribution is -2.26. The largest absolute Gasteiger partial charge is 0.507 e. The second-order valence-electron chi connectivity index (χ2n) is 4.36. The van der Waals surface area contributed by atoms with Gasteiger partial charge < -0.3 is 10.0 Å². The van der Waals surface area contributed by atoms with E-state index in [9.17, 15) is 9.90 Å². The van der Waals surface area contributed by atoms with Crippen molar-refractivity contribution in [3.63, 3.8) is 0 Å². The van der Waals surface area contributed by atoms with Crippen molar-refractivity contribution in [2.75, 3.05) is 11.9 Å². The molecule has 2 aromatic carbocycles. The van der Waals surface area contributed by atoms with Crippen molar-refractivity contribution in [2.45, 2.75) is 6.92 Å². The molecule has 2 rings (SSSR count). The van der Waals surface area contributed by atoms with Crippen molar-refractivity contribution < 1.29 is 9.90 Å². The Morgan fingerprint density at radius 3 is 2.42 bits per heavy atom. The molecular weight excluding hydrogens is 262 g/mol. The first kappa shape index (κ1) is 13.4. The summed E-state index contributed by atoms with van der Waals surface area (Å²) in [6.07, 6.45) is 0. The Balaban J connectivity index is 2.33. The Hall–Kier alpha value is -2.00. The highest BCUT2D eigenvalue weighted by molar-refractivity contribution is 6.31. The fraction of sp³-hybridized carbons (Fsp3) is 0.133. The van der Waals surface area contributed by atoms with E-state index in [2.05, 4.69) is 0 Å². The smallest absolute Gasteiger partial charge is 0.261 e. The molecule has 4 heteroatoms. The molecule has 98 valence electrons. The number of aromatic hydroxyl groups is 1. The van der Waals surface area contributed by atoms with Crippen LogP contribution in [0.2, 0.25) is 5.02 Å². The number of nitrogens with zero attached hydrogens (tertiary/aromatic N) is 1. The van der Waals surface area contributed by atoms with Crippen LogP contribution in [-0.2, 0) is 0 Å². The monoisotopic (exact) mass is 275 g/mol. The van der Waals surface area contributed by atoms with Crippen LogP contribution in [-0.4, -0.2) is 18.1 Å². The molecule has 3 nitrogen and oxygen atoms in total. The number of rotatable bonds is 2. The van der Waals surface area contributed by atoms with E-state index in [1.54, 1.807) is 13.1 Å². The Bertz CT molecular complexity index is 608. The summed E-state index contributed by atoms with van der Waals surface area (Å²) in [6.45, 7) is 1.98. The zero-order chi connectivity index (χ0) is 14.0. The molecule has 0 spiro atoms. The first-order chi connectivity index (χ1) is 8.99. The fourth-order valence-corrected chi connectivity index (χ4v) is 1.92. The van der Waals surface area contributed by atoms with Crippen molar-refractivity contribution in [3.05, 3.63) is 58.6 Å². The normalized spacial score (nSPS) is 10.3. The van der Waals surface area contributed by atoms with Gasteiger partial charge >= 0.3 is 0 Å². The topological polar surface area (TPSA) is 40.5 Å². The van der Waals surface area contributed by atoms with Gasteiger partial charge in [0.05, 0.1) is 5.56 Å². The second kappa shape index (κ2) is 5.33. The number of halogens is 1. The number of anilines is 1. The molecule has 0 heterocycles. The molecule has 1 N–H and O–H groups in total. The van der Waals surface area contributed by atoms with Gasteiger partial charge in [-0.15, -0.1) is 0 Å². The molecule has 0 bridgehead atoms. The zero-order valence-electron chi connectivity index (χ0n) is 10.7. The summed E-state index contributed by atoms with van der Waals surface area (Å²) in [7, 11) is 1.66. The molecule has 0 fully saturated rings. The van der Waals surface area contributed by atoms with Crippen LogP contribution in [0.15, 0.2) is 42.5 Å². The lowest BCUT2D eigenvalue weighted by Gasteiger charge is -2.18. The van der Waals surface area contributed by atoms with Crippen molar-refractivity contribution in [1.82, 2.24) is 0 Å². The van der Waals surface area contributed by atoms with Gasteiger partial charge in [0.15, 0.2) is 0 Å². The average molecular weight is 276 g/mol. The summed E-state index contributed by atoms with van der Waals surface area (Å²) < 4.78 is 0. The van der Waals surface area contributed by atoms with E-state index < -0.39 is 0 Å². The fourth-order valence-electron chi connectivity index (χ4n) is 1.75. The number of phenolic OH excluding ortho intramolecular Hbond substituents is 1. The highest BCUT2D eigenvalue weighted by Crippen LogP contribution is 2.24. The third kappa shape index (κ3) is 2.88. The SMILES string of the molecule is Cc1ccc(N(C)C(=O)c2cc(Cl)ccc2O)cc1. The summed E-state index contributed by atoms with van der Waals surface area (Å²) in [5, 5.41) is 10.2. The van der Waals surface area contributed by atoms with Crippen LogP contribution < -0.4 is 4.90 Å². The molecular formula is C15H14ClNO2. The average Bonchev–Trinajstić information content (AvgIpc) is 2.41. The van der Waals surface area contributed by atoms with E-state index >= 15 is 0 Å². The number of hydrogen-bond donors (Lipinski definition) is 1. The van der Waals surface area contributed by atoms with Gasteiger partial charge in [0.2, 0.25) is 0 Å². The standard InChI is InChI=1S/C15H14ClNO2/c1-10-3-6-12(7-4-10)17(2)15(19)13-9-11(16)5-8-14(13)18/h3-9,18H,1-2H3. The summed E-state index contributed by atoms with van der Waals surface area (Å²) in [6, 6.07) is 12.0. The number of aryl methyl sites for hydroxylation is 1. The lowest BCUT2D eigenvalue weighted by atomic mass is 10.1. The van der Waals surface area contributed by atoms with Crippen molar-refractivity contribution in [2.24, 2.45) is 0 Å². The van der Waals surface area contributed by atoms with Crippen molar-refractivity contribution in [1.29, 1.82) is 0 Å². The third-order valence-electron chi connectivity index (χ3n) is 2.91. The second-order valence-corrected chi connectivity index (χ2v) is 4.80. The van der Waals surface area contributed by atoms with E-state index in [1.807, 2.05) is 31.2 Å². The van der Waals surface area contributed by atoms with Crippen molar-refractivity contribution in [3.8, 4) is 5.75 Å². The van der Waals surface area contributed by atoms with E-state index in [0.29, 0.717) is 5.02 Å². The van der Waals surface area contributed by atoms with Crippen LogP contribution in [0.3, 0.4) is 0 Å². The van der Waals surface area contributed by atoms with Gasteiger partial charge in [0.1, 0.15) is 5.75 Å². The minimum Gasteiger partial charge on any atom is -0.507 e. The molecule has 0 aliphatic heterocycles. The van der Waals surface area contributed by atoms with Gasteiger partial charge in [-0.25, -0.2) is 0 Å². The number of carbonyl (C=O) groups excluding carboxylic acids is 1. The predicted molar refractivity (Wildman–Crippen MR) is 77.0 cm³/mol. The van der Waals surface area contributed by atoms with E-state index in [4.69, 9.17) is 11.6 Å².